The highest BCUT2D eigenvalue weighted by molar-refractivity contribution is 7.90. The molecule has 2 rings (SSSR count). The van der Waals surface area contributed by atoms with Crippen LogP contribution >= 0.6 is 0 Å². The number of aromatic carboxylic acids is 1. The van der Waals surface area contributed by atoms with Gasteiger partial charge in [-0.1, -0.05) is 39.0 Å². The Bertz CT molecular complexity index is 972. The van der Waals surface area contributed by atoms with Gasteiger partial charge in [0.2, 0.25) is 0 Å². The van der Waals surface area contributed by atoms with E-state index in [1.165, 1.54) is 12.1 Å². The zero-order valence-electron chi connectivity index (χ0n) is 15.0. The minimum absolute atomic E-state index is 0.110. The lowest BCUT2D eigenvalue weighted by molar-refractivity contribution is 0.0696. The predicted molar refractivity (Wildman–Crippen MR) is 99.6 cm³/mol. The molecule has 0 fully saturated rings. The Morgan fingerprint density at radius 3 is 2.19 bits per heavy atom. The molecule has 0 aliphatic heterocycles. The maximum atomic E-state index is 12.7. The van der Waals surface area contributed by atoms with Gasteiger partial charge in [0.25, 0.3) is 5.91 Å². The first-order valence-corrected chi connectivity index (χ1v) is 9.78. The summed E-state index contributed by atoms with van der Waals surface area (Å²) in [5.74, 6) is -1.71. The summed E-state index contributed by atoms with van der Waals surface area (Å²) in [6, 6.07) is 10.6. The fourth-order valence-corrected chi connectivity index (χ4v) is 3.22. The SMILES string of the molecule is CC(C)(C)c1ccccc1C(=O)Nc1cc(C(=O)O)cc(S(C)(=O)=O)c1. The Balaban J connectivity index is 2.48. The van der Waals surface area contributed by atoms with E-state index < -0.39 is 21.7 Å². The van der Waals surface area contributed by atoms with Crippen LogP contribution in [-0.2, 0) is 15.3 Å². The maximum absolute atomic E-state index is 12.7. The number of amides is 1. The molecular weight excluding hydrogens is 354 g/mol. The Labute approximate surface area is 152 Å². The van der Waals surface area contributed by atoms with Crippen molar-refractivity contribution < 1.29 is 23.1 Å². The lowest BCUT2D eigenvalue weighted by Gasteiger charge is -2.22. The second-order valence-corrected chi connectivity index (χ2v) is 9.09. The van der Waals surface area contributed by atoms with Gasteiger partial charge in [-0.25, -0.2) is 13.2 Å². The van der Waals surface area contributed by atoms with Crippen LogP contribution in [0.1, 0.15) is 47.1 Å². The summed E-state index contributed by atoms with van der Waals surface area (Å²) in [5.41, 5.74) is 0.901. The number of rotatable bonds is 4. The van der Waals surface area contributed by atoms with Gasteiger partial charge in [-0.15, -0.1) is 0 Å². The van der Waals surface area contributed by atoms with Crippen molar-refractivity contribution in [1.29, 1.82) is 0 Å². The van der Waals surface area contributed by atoms with E-state index in [4.69, 9.17) is 0 Å². The molecule has 0 radical (unpaired) electrons. The van der Waals surface area contributed by atoms with Gasteiger partial charge >= 0.3 is 5.97 Å². The molecule has 0 aliphatic rings. The van der Waals surface area contributed by atoms with Crippen LogP contribution in [0.3, 0.4) is 0 Å². The van der Waals surface area contributed by atoms with Gasteiger partial charge in [0.15, 0.2) is 9.84 Å². The lowest BCUT2D eigenvalue weighted by atomic mass is 9.83. The zero-order valence-corrected chi connectivity index (χ0v) is 15.8. The average molecular weight is 375 g/mol. The molecule has 0 spiro atoms. The Hall–Kier alpha value is -2.67. The van der Waals surface area contributed by atoms with Crippen LogP contribution in [0.2, 0.25) is 0 Å². The highest BCUT2D eigenvalue weighted by Gasteiger charge is 2.22. The Morgan fingerprint density at radius 1 is 1.04 bits per heavy atom. The summed E-state index contributed by atoms with van der Waals surface area (Å²) >= 11 is 0. The number of nitrogens with one attached hydrogen (secondary N) is 1. The first-order valence-electron chi connectivity index (χ1n) is 7.89. The lowest BCUT2D eigenvalue weighted by Crippen LogP contribution is -2.21. The number of hydrogen-bond acceptors (Lipinski definition) is 4. The molecule has 0 unspecified atom stereocenters. The molecule has 1 amide bonds. The molecule has 6 nitrogen and oxygen atoms in total. The molecule has 0 aliphatic carbocycles. The number of hydrogen-bond donors (Lipinski definition) is 2. The van der Waals surface area contributed by atoms with Gasteiger partial charge in [-0.3, -0.25) is 4.79 Å². The summed E-state index contributed by atoms with van der Waals surface area (Å²) in [6.07, 6.45) is 0.981. The third kappa shape index (κ3) is 4.49. The third-order valence-corrected chi connectivity index (χ3v) is 4.91. The van der Waals surface area contributed by atoms with E-state index in [1.54, 1.807) is 12.1 Å². The number of carbonyl (C=O) groups excluding carboxylic acids is 1. The van der Waals surface area contributed by atoms with Crippen molar-refractivity contribution in [3.63, 3.8) is 0 Å². The van der Waals surface area contributed by atoms with E-state index in [0.29, 0.717) is 5.56 Å². The summed E-state index contributed by atoms with van der Waals surface area (Å²) < 4.78 is 23.6. The number of carbonyl (C=O) groups is 2. The molecule has 0 atom stereocenters. The van der Waals surface area contributed by atoms with Crippen molar-refractivity contribution in [3.05, 3.63) is 59.2 Å². The molecule has 0 saturated heterocycles. The molecule has 2 aromatic carbocycles. The third-order valence-electron chi connectivity index (χ3n) is 3.82. The zero-order chi connectivity index (χ0) is 19.7. The highest BCUT2D eigenvalue weighted by Crippen LogP contribution is 2.27. The maximum Gasteiger partial charge on any atom is 0.335 e. The molecular formula is C19H21NO5S. The van der Waals surface area contributed by atoms with Gasteiger partial charge in [0.1, 0.15) is 0 Å². The molecule has 0 aromatic heterocycles. The molecule has 0 bridgehead atoms. The quantitative estimate of drug-likeness (QED) is 0.854. The minimum Gasteiger partial charge on any atom is -0.478 e. The fraction of sp³-hybridized carbons (Fsp3) is 0.263. The molecule has 138 valence electrons. The number of carboxylic acid groups (broad SMARTS) is 1. The van der Waals surface area contributed by atoms with Gasteiger partial charge in [0.05, 0.1) is 10.5 Å². The smallest absolute Gasteiger partial charge is 0.335 e. The normalized spacial score (nSPS) is 11.8. The van der Waals surface area contributed by atoms with Crippen molar-refractivity contribution in [2.24, 2.45) is 0 Å². The molecule has 0 heterocycles. The van der Waals surface area contributed by atoms with Crippen LogP contribution < -0.4 is 5.32 Å². The number of benzene rings is 2. The second-order valence-electron chi connectivity index (χ2n) is 7.07. The summed E-state index contributed by atoms with van der Waals surface area (Å²) in [5, 5.41) is 11.8. The van der Waals surface area contributed by atoms with Crippen LogP contribution in [0.5, 0.6) is 0 Å². The van der Waals surface area contributed by atoms with E-state index >= 15 is 0 Å². The monoisotopic (exact) mass is 375 g/mol. The van der Waals surface area contributed by atoms with Crippen LogP contribution in [0, 0.1) is 0 Å². The largest absolute Gasteiger partial charge is 0.478 e. The van der Waals surface area contributed by atoms with Crippen LogP contribution in [-0.4, -0.2) is 31.7 Å². The summed E-state index contributed by atoms with van der Waals surface area (Å²) in [7, 11) is -3.63. The van der Waals surface area contributed by atoms with Crippen LogP contribution in [0.15, 0.2) is 47.4 Å². The van der Waals surface area contributed by atoms with Gasteiger partial charge < -0.3 is 10.4 Å². The number of sulfone groups is 1. The van der Waals surface area contributed by atoms with Crippen molar-refractivity contribution in [2.75, 3.05) is 11.6 Å². The predicted octanol–water partition coefficient (Wildman–Crippen LogP) is 3.34. The van der Waals surface area contributed by atoms with Crippen LogP contribution in [0.25, 0.3) is 0 Å². The molecule has 0 saturated carbocycles. The molecule has 7 heteroatoms. The standard InChI is InChI=1S/C19H21NO5S/c1-19(2,3)16-8-6-5-7-15(16)17(21)20-13-9-12(18(22)23)10-14(11-13)26(4,24)25/h5-11H,1-4H3,(H,20,21)(H,22,23). The van der Waals surface area contributed by atoms with Gasteiger partial charge in [0, 0.05) is 17.5 Å². The van der Waals surface area contributed by atoms with Crippen molar-refractivity contribution >= 4 is 27.4 Å². The van der Waals surface area contributed by atoms with E-state index in [1.807, 2.05) is 32.9 Å². The Kier molecular flexibility index (Phi) is 5.23. The van der Waals surface area contributed by atoms with Crippen molar-refractivity contribution in [1.82, 2.24) is 0 Å². The minimum atomic E-state index is -3.63. The van der Waals surface area contributed by atoms with Crippen molar-refractivity contribution in [3.8, 4) is 0 Å². The number of anilines is 1. The summed E-state index contributed by atoms with van der Waals surface area (Å²) in [4.78, 5) is 23.8. The van der Waals surface area contributed by atoms with Gasteiger partial charge in [-0.2, -0.15) is 0 Å². The number of carboxylic acids is 1. The van der Waals surface area contributed by atoms with E-state index in [0.717, 1.165) is 17.9 Å². The van der Waals surface area contributed by atoms with E-state index in [-0.39, 0.29) is 21.6 Å². The first-order chi connectivity index (χ1) is 11.9. The van der Waals surface area contributed by atoms with E-state index in [2.05, 4.69) is 5.32 Å². The fourth-order valence-electron chi connectivity index (χ4n) is 2.54. The molecule has 2 N–H and O–H groups in total. The first kappa shape index (κ1) is 19.7. The van der Waals surface area contributed by atoms with Crippen molar-refractivity contribution in [2.45, 2.75) is 31.1 Å². The Morgan fingerprint density at radius 2 is 1.65 bits per heavy atom. The summed E-state index contributed by atoms with van der Waals surface area (Å²) in [6.45, 7) is 5.93. The molecule has 2 aromatic rings. The van der Waals surface area contributed by atoms with Crippen LogP contribution in [0.4, 0.5) is 5.69 Å². The highest BCUT2D eigenvalue weighted by atomic mass is 32.2. The average Bonchev–Trinajstić information content (AvgIpc) is 2.52. The second kappa shape index (κ2) is 6.92. The molecule has 26 heavy (non-hydrogen) atoms. The van der Waals surface area contributed by atoms with Gasteiger partial charge in [-0.05, 0) is 35.2 Å². The van der Waals surface area contributed by atoms with E-state index in [9.17, 15) is 23.1 Å². The topological polar surface area (TPSA) is 101 Å².